The molecule has 0 aromatic heterocycles. The van der Waals surface area contributed by atoms with E-state index in [0.29, 0.717) is 26.1 Å². The molecular weight excluding hydrogens is 244 g/mol. The molecular formula is C14H22N2O3. The standard InChI is InChI=1S/C14H22N2O3/c1-4-8-15(9-5-2)11(3)13(17)16-10-6-7-12(16)14(18)19/h4-5,11-12H,1-2,6-10H2,3H3,(H,18,19). The average molecular weight is 266 g/mol. The number of carbonyl (C=O) groups excluding carboxylic acids is 1. The van der Waals surface area contributed by atoms with Crippen LogP contribution in [-0.2, 0) is 9.59 Å². The highest BCUT2D eigenvalue weighted by Gasteiger charge is 2.36. The molecule has 1 saturated heterocycles. The summed E-state index contributed by atoms with van der Waals surface area (Å²) in [5.41, 5.74) is 0. The number of hydrogen-bond donors (Lipinski definition) is 1. The Bertz CT molecular complexity index is 358. The van der Waals surface area contributed by atoms with Crippen LogP contribution < -0.4 is 0 Å². The van der Waals surface area contributed by atoms with Gasteiger partial charge in [-0.2, -0.15) is 0 Å². The predicted octanol–water partition coefficient (Wildman–Crippen LogP) is 1.12. The first-order valence-electron chi connectivity index (χ1n) is 6.52. The highest BCUT2D eigenvalue weighted by Crippen LogP contribution is 2.19. The summed E-state index contributed by atoms with van der Waals surface area (Å²) in [6.07, 6.45) is 4.74. The van der Waals surface area contributed by atoms with Crippen molar-refractivity contribution >= 4 is 11.9 Å². The summed E-state index contributed by atoms with van der Waals surface area (Å²) in [7, 11) is 0. The van der Waals surface area contributed by atoms with Crippen LogP contribution in [0.1, 0.15) is 19.8 Å². The molecule has 19 heavy (non-hydrogen) atoms. The largest absolute Gasteiger partial charge is 0.480 e. The Morgan fingerprint density at radius 3 is 2.47 bits per heavy atom. The lowest BCUT2D eigenvalue weighted by Gasteiger charge is -2.31. The fourth-order valence-electron chi connectivity index (χ4n) is 2.41. The van der Waals surface area contributed by atoms with Crippen LogP contribution in [0.3, 0.4) is 0 Å². The molecule has 1 N–H and O–H groups in total. The Morgan fingerprint density at radius 2 is 2.00 bits per heavy atom. The second kappa shape index (κ2) is 7.09. The zero-order valence-electron chi connectivity index (χ0n) is 11.4. The first-order chi connectivity index (χ1) is 9.02. The van der Waals surface area contributed by atoms with Crippen LogP contribution in [0.5, 0.6) is 0 Å². The number of hydrogen-bond acceptors (Lipinski definition) is 3. The molecule has 1 amide bonds. The van der Waals surface area contributed by atoms with E-state index in [9.17, 15) is 9.59 Å². The minimum atomic E-state index is -0.919. The molecule has 0 radical (unpaired) electrons. The number of carboxylic acid groups (broad SMARTS) is 1. The van der Waals surface area contributed by atoms with Crippen molar-refractivity contribution in [3.05, 3.63) is 25.3 Å². The first-order valence-corrected chi connectivity index (χ1v) is 6.52. The van der Waals surface area contributed by atoms with E-state index in [2.05, 4.69) is 13.2 Å². The monoisotopic (exact) mass is 266 g/mol. The van der Waals surface area contributed by atoms with Crippen molar-refractivity contribution in [2.45, 2.75) is 31.8 Å². The van der Waals surface area contributed by atoms with Gasteiger partial charge in [0.05, 0.1) is 6.04 Å². The Labute approximate surface area is 114 Å². The van der Waals surface area contributed by atoms with Gasteiger partial charge in [0, 0.05) is 19.6 Å². The zero-order chi connectivity index (χ0) is 14.4. The number of aliphatic carboxylic acids is 1. The van der Waals surface area contributed by atoms with Gasteiger partial charge in [0.2, 0.25) is 5.91 Å². The Hall–Kier alpha value is -1.62. The van der Waals surface area contributed by atoms with Gasteiger partial charge in [0.1, 0.15) is 6.04 Å². The minimum Gasteiger partial charge on any atom is -0.480 e. The average Bonchev–Trinajstić information content (AvgIpc) is 2.86. The molecule has 1 heterocycles. The van der Waals surface area contributed by atoms with Crippen molar-refractivity contribution in [2.24, 2.45) is 0 Å². The molecule has 106 valence electrons. The highest BCUT2D eigenvalue weighted by atomic mass is 16.4. The van der Waals surface area contributed by atoms with Crippen molar-refractivity contribution in [3.8, 4) is 0 Å². The minimum absolute atomic E-state index is 0.131. The third-order valence-corrected chi connectivity index (χ3v) is 3.45. The topological polar surface area (TPSA) is 60.9 Å². The summed E-state index contributed by atoms with van der Waals surface area (Å²) < 4.78 is 0. The molecule has 2 unspecified atom stereocenters. The second-order valence-corrected chi connectivity index (χ2v) is 4.74. The number of likely N-dealkylation sites (tertiary alicyclic amines) is 1. The van der Waals surface area contributed by atoms with E-state index in [0.717, 1.165) is 6.42 Å². The fraction of sp³-hybridized carbons (Fsp3) is 0.571. The number of carboxylic acids is 1. The predicted molar refractivity (Wildman–Crippen MR) is 73.8 cm³/mol. The summed E-state index contributed by atoms with van der Waals surface area (Å²) in [5.74, 6) is -1.05. The van der Waals surface area contributed by atoms with Crippen LogP contribution in [0.2, 0.25) is 0 Å². The van der Waals surface area contributed by atoms with Gasteiger partial charge >= 0.3 is 5.97 Å². The summed E-state index contributed by atoms with van der Waals surface area (Å²) >= 11 is 0. The van der Waals surface area contributed by atoms with E-state index < -0.39 is 12.0 Å². The Morgan fingerprint density at radius 1 is 1.42 bits per heavy atom. The molecule has 0 bridgehead atoms. The molecule has 2 atom stereocenters. The molecule has 1 aliphatic heterocycles. The third-order valence-electron chi connectivity index (χ3n) is 3.45. The quantitative estimate of drug-likeness (QED) is 0.702. The summed E-state index contributed by atoms with van der Waals surface area (Å²) in [4.78, 5) is 26.9. The molecule has 0 saturated carbocycles. The maximum atomic E-state index is 12.4. The SMILES string of the molecule is C=CCN(CC=C)C(C)C(=O)N1CCCC1C(=O)O. The number of rotatable bonds is 7. The van der Waals surface area contributed by atoms with Crippen molar-refractivity contribution in [3.63, 3.8) is 0 Å². The molecule has 0 aromatic rings. The lowest BCUT2D eigenvalue weighted by molar-refractivity contribution is -0.150. The van der Waals surface area contributed by atoms with Gasteiger partial charge < -0.3 is 10.0 Å². The van der Waals surface area contributed by atoms with Gasteiger partial charge in [0.15, 0.2) is 0 Å². The highest BCUT2D eigenvalue weighted by molar-refractivity contribution is 5.87. The summed E-state index contributed by atoms with van der Waals surface area (Å²) in [6.45, 7) is 10.8. The zero-order valence-corrected chi connectivity index (χ0v) is 11.4. The van der Waals surface area contributed by atoms with Crippen LogP contribution >= 0.6 is 0 Å². The van der Waals surface area contributed by atoms with Gasteiger partial charge in [-0.1, -0.05) is 12.2 Å². The summed E-state index contributed by atoms with van der Waals surface area (Å²) in [6, 6.07) is -1.04. The van der Waals surface area contributed by atoms with Crippen LogP contribution in [0.25, 0.3) is 0 Å². The lowest BCUT2D eigenvalue weighted by atomic mass is 10.2. The molecule has 0 spiro atoms. The molecule has 0 aromatic carbocycles. The smallest absolute Gasteiger partial charge is 0.326 e. The maximum absolute atomic E-state index is 12.4. The van der Waals surface area contributed by atoms with Gasteiger partial charge in [0.25, 0.3) is 0 Å². The fourth-order valence-corrected chi connectivity index (χ4v) is 2.41. The number of nitrogens with zero attached hydrogens (tertiary/aromatic N) is 2. The van der Waals surface area contributed by atoms with E-state index in [-0.39, 0.29) is 11.9 Å². The van der Waals surface area contributed by atoms with E-state index in [4.69, 9.17) is 5.11 Å². The lowest BCUT2D eigenvalue weighted by Crippen LogP contribution is -2.50. The van der Waals surface area contributed by atoms with Crippen molar-refractivity contribution < 1.29 is 14.7 Å². The van der Waals surface area contributed by atoms with E-state index >= 15 is 0 Å². The molecule has 1 fully saturated rings. The Kier molecular flexibility index (Phi) is 5.76. The molecule has 5 heteroatoms. The van der Waals surface area contributed by atoms with Crippen molar-refractivity contribution in [2.75, 3.05) is 19.6 Å². The van der Waals surface area contributed by atoms with Gasteiger partial charge in [-0.15, -0.1) is 13.2 Å². The Balaban J connectivity index is 2.76. The van der Waals surface area contributed by atoms with Crippen molar-refractivity contribution in [1.82, 2.24) is 9.80 Å². The summed E-state index contributed by atoms with van der Waals surface area (Å²) in [5, 5.41) is 9.12. The molecule has 1 rings (SSSR count). The van der Waals surface area contributed by atoms with E-state index in [1.807, 2.05) is 4.90 Å². The van der Waals surface area contributed by atoms with Gasteiger partial charge in [-0.05, 0) is 19.8 Å². The third kappa shape index (κ3) is 3.67. The van der Waals surface area contributed by atoms with Crippen molar-refractivity contribution in [1.29, 1.82) is 0 Å². The van der Waals surface area contributed by atoms with Crippen LogP contribution in [0.4, 0.5) is 0 Å². The van der Waals surface area contributed by atoms with Crippen LogP contribution in [0, 0.1) is 0 Å². The van der Waals surface area contributed by atoms with Crippen LogP contribution in [0.15, 0.2) is 25.3 Å². The van der Waals surface area contributed by atoms with Gasteiger partial charge in [-0.25, -0.2) is 4.79 Å². The number of carbonyl (C=O) groups is 2. The molecule has 5 nitrogen and oxygen atoms in total. The normalized spacial score (nSPS) is 20.3. The first kappa shape index (κ1) is 15.4. The van der Waals surface area contributed by atoms with E-state index in [1.165, 1.54) is 4.90 Å². The second-order valence-electron chi connectivity index (χ2n) is 4.74. The molecule has 1 aliphatic rings. The maximum Gasteiger partial charge on any atom is 0.326 e. The van der Waals surface area contributed by atoms with E-state index in [1.54, 1.807) is 19.1 Å². The van der Waals surface area contributed by atoms with Crippen LogP contribution in [-0.4, -0.2) is 58.5 Å². The van der Waals surface area contributed by atoms with Gasteiger partial charge in [-0.3, -0.25) is 9.69 Å². The number of amides is 1. The molecule has 0 aliphatic carbocycles.